The molecule has 27 heavy (non-hydrogen) atoms. The molecule has 0 unspecified atom stereocenters. The number of fused-ring (bicyclic) bond motifs is 1. The zero-order chi connectivity index (χ0) is 18.8. The minimum Gasteiger partial charge on any atom is -0.356 e. The average Bonchev–Trinajstić information content (AvgIpc) is 3.30. The van der Waals surface area contributed by atoms with Gasteiger partial charge in [0, 0.05) is 29.4 Å². The molecule has 4 aromatic rings. The highest BCUT2D eigenvalue weighted by Gasteiger charge is 2.14. The lowest BCUT2D eigenvalue weighted by Crippen LogP contribution is -2.25. The lowest BCUT2D eigenvalue weighted by atomic mass is 10.0. The van der Waals surface area contributed by atoms with Crippen LogP contribution < -0.4 is 5.32 Å². The van der Waals surface area contributed by atoms with E-state index in [-0.39, 0.29) is 18.1 Å². The monoisotopic (exact) mass is 364 g/mol. The van der Waals surface area contributed by atoms with Gasteiger partial charge in [0.25, 0.3) is 0 Å². The summed E-state index contributed by atoms with van der Waals surface area (Å²) in [5.74, 6) is 0.165. The van der Waals surface area contributed by atoms with Gasteiger partial charge in [-0.2, -0.15) is 5.10 Å². The molecule has 1 amide bonds. The van der Waals surface area contributed by atoms with E-state index in [1.807, 2.05) is 25.3 Å². The number of amides is 1. The lowest BCUT2D eigenvalue weighted by Gasteiger charge is -2.06. The molecule has 0 bridgehead atoms. The van der Waals surface area contributed by atoms with Crippen LogP contribution in [0.3, 0.4) is 0 Å². The Hall–Kier alpha value is -3.55. The van der Waals surface area contributed by atoms with Crippen LogP contribution in [0.15, 0.2) is 48.8 Å². The zero-order valence-corrected chi connectivity index (χ0v) is 14.6. The first-order valence-electron chi connectivity index (χ1n) is 8.55. The molecule has 8 heteroatoms. The summed E-state index contributed by atoms with van der Waals surface area (Å²) in [7, 11) is 0. The minimum atomic E-state index is -0.291. The van der Waals surface area contributed by atoms with Crippen molar-refractivity contribution in [2.24, 2.45) is 0 Å². The maximum Gasteiger partial charge on any atom is 0.227 e. The van der Waals surface area contributed by atoms with Crippen molar-refractivity contribution in [2.45, 2.75) is 13.3 Å². The van der Waals surface area contributed by atoms with E-state index in [0.29, 0.717) is 18.0 Å². The zero-order valence-electron chi connectivity index (χ0n) is 14.6. The van der Waals surface area contributed by atoms with Crippen LogP contribution in [0.25, 0.3) is 28.0 Å². The van der Waals surface area contributed by atoms with Crippen LogP contribution in [-0.2, 0) is 11.2 Å². The first-order valence-corrected chi connectivity index (χ1v) is 8.55. The normalized spacial score (nSPS) is 11.0. The Kier molecular flexibility index (Phi) is 4.37. The van der Waals surface area contributed by atoms with Crippen LogP contribution in [-0.4, -0.2) is 37.2 Å². The Balaban J connectivity index is 1.74. The molecule has 0 atom stereocenters. The fourth-order valence-corrected chi connectivity index (χ4v) is 2.96. The van der Waals surface area contributed by atoms with Gasteiger partial charge < -0.3 is 5.32 Å². The molecule has 1 aromatic carbocycles. The quantitative estimate of drug-likeness (QED) is 0.570. The molecular weight excluding hydrogens is 347 g/mol. The number of nitrogens with one attached hydrogen (secondary N) is 2. The Bertz CT molecular complexity index is 1100. The van der Waals surface area contributed by atoms with Crippen LogP contribution in [0, 0.1) is 5.82 Å². The molecule has 0 aliphatic carbocycles. The Morgan fingerprint density at radius 3 is 2.70 bits per heavy atom. The molecule has 4 rings (SSSR count). The number of carbonyl (C=O) groups is 1. The van der Waals surface area contributed by atoms with Crippen molar-refractivity contribution >= 4 is 11.6 Å². The number of nitrogens with zero attached hydrogens (tertiary/aromatic N) is 4. The number of rotatable bonds is 5. The number of aromatic nitrogens is 5. The molecule has 0 saturated heterocycles. The van der Waals surface area contributed by atoms with Gasteiger partial charge in [-0.25, -0.2) is 4.39 Å². The van der Waals surface area contributed by atoms with E-state index in [1.165, 1.54) is 12.1 Å². The predicted molar refractivity (Wildman–Crippen MR) is 98.4 cm³/mol. The van der Waals surface area contributed by atoms with Gasteiger partial charge in [-0.15, -0.1) is 10.2 Å². The van der Waals surface area contributed by atoms with Crippen LogP contribution in [0.4, 0.5) is 4.39 Å². The van der Waals surface area contributed by atoms with E-state index in [0.717, 1.165) is 22.4 Å². The number of aromatic amines is 1. The number of halogens is 1. The first-order chi connectivity index (χ1) is 13.2. The van der Waals surface area contributed by atoms with Crippen molar-refractivity contribution in [3.8, 4) is 22.4 Å². The third-order valence-electron chi connectivity index (χ3n) is 4.25. The van der Waals surface area contributed by atoms with E-state index >= 15 is 0 Å². The Morgan fingerprint density at radius 1 is 1.15 bits per heavy atom. The van der Waals surface area contributed by atoms with Crippen molar-refractivity contribution < 1.29 is 9.18 Å². The summed E-state index contributed by atoms with van der Waals surface area (Å²) in [5, 5.41) is 18.1. The molecule has 0 radical (unpaired) electrons. The fourth-order valence-electron chi connectivity index (χ4n) is 2.96. The molecule has 0 saturated carbocycles. The predicted octanol–water partition coefficient (Wildman–Crippen LogP) is 2.60. The highest BCUT2D eigenvalue weighted by molar-refractivity contribution is 5.81. The number of H-pyrrole nitrogens is 1. The number of hydrogen-bond acceptors (Lipinski definition) is 4. The third-order valence-corrected chi connectivity index (χ3v) is 4.25. The van der Waals surface area contributed by atoms with Gasteiger partial charge in [-0.3, -0.25) is 14.3 Å². The first kappa shape index (κ1) is 16.9. The summed E-state index contributed by atoms with van der Waals surface area (Å²) in [4.78, 5) is 11.9. The van der Waals surface area contributed by atoms with Crippen molar-refractivity contribution in [3.05, 3.63) is 60.4 Å². The minimum absolute atomic E-state index is 0.104. The van der Waals surface area contributed by atoms with Gasteiger partial charge in [0.05, 0.1) is 18.3 Å². The third kappa shape index (κ3) is 3.29. The van der Waals surface area contributed by atoms with Gasteiger partial charge in [0.1, 0.15) is 11.6 Å². The Labute approximate surface area is 154 Å². The molecule has 136 valence electrons. The summed E-state index contributed by atoms with van der Waals surface area (Å²) >= 11 is 0. The van der Waals surface area contributed by atoms with Crippen LogP contribution in [0.2, 0.25) is 0 Å². The second-order valence-corrected chi connectivity index (χ2v) is 6.06. The number of pyridine rings is 1. The summed E-state index contributed by atoms with van der Waals surface area (Å²) in [6, 6.07) is 9.97. The molecule has 0 aliphatic rings. The van der Waals surface area contributed by atoms with E-state index in [1.54, 1.807) is 22.7 Å². The standard InChI is InChI=1S/C19H17FN6O/c1-2-21-18(27)9-17-24-23-16-8-5-13(11-26(16)17)15-10-22-25-19(15)12-3-6-14(20)7-4-12/h3-8,10-11H,2,9H2,1H3,(H,21,27)(H,22,25). The van der Waals surface area contributed by atoms with Gasteiger partial charge in [-0.05, 0) is 43.3 Å². The fraction of sp³-hybridized carbons (Fsp3) is 0.158. The van der Waals surface area contributed by atoms with Crippen molar-refractivity contribution in [3.63, 3.8) is 0 Å². The number of likely N-dealkylation sites (N-methyl/N-ethyl adjacent to an activating group) is 1. The van der Waals surface area contributed by atoms with E-state index in [9.17, 15) is 9.18 Å². The molecular formula is C19H17FN6O. The second kappa shape index (κ2) is 6.99. The summed E-state index contributed by atoms with van der Waals surface area (Å²) < 4.78 is 15.0. The van der Waals surface area contributed by atoms with Gasteiger partial charge >= 0.3 is 0 Å². The highest BCUT2D eigenvalue weighted by Crippen LogP contribution is 2.30. The topological polar surface area (TPSA) is 88.0 Å². The largest absolute Gasteiger partial charge is 0.356 e. The van der Waals surface area contributed by atoms with Gasteiger partial charge in [0.15, 0.2) is 5.65 Å². The molecule has 3 heterocycles. The maximum absolute atomic E-state index is 13.2. The van der Waals surface area contributed by atoms with Crippen LogP contribution >= 0.6 is 0 Å². The molecule has 3 aromatic heterocycles. The SMILES string of the molecule is CCNC(=O)Cc1nnc2ccc(-c3cn[nH]c3-c3ccc(F)cc3)cn12. The van der Waals surface area contributed by atoms with Gasteiger partial charge in [-0.1, -0.05) is 0 Å². The number of hydrogen-bond donors (Lipinski definition) is 2. The smallest absolute Gasteiger partial charge is 0.227 e. The highest BCUT2D eigenvalue weighted by atomic mass is 19.1. The maximum atomic E-state index is 13.2. The summed E-state index contributed by atoms with van der Waals surface area (Å²) in [6.45, 7) is 2.44. The van der Waals surface area contributed by atoms with Crippen molar-refractivity contribution in [1.82, 2.24) is 30.1 Å². The lowest BCUT2D eigenvalue weighted by molar-refractivity contribution is -0.120. The van der Waals surface area contributed by atoms with E-state index in [2.05, 4.69) is 25.7 Å². The van der Waals surface area contributed by atoms with Crippen molar-refractivity contribution in [1.29, 1.82) is 0 Å². The number of carbonyl (C=O) groups excluding carboxylic acids is 1. The summed E-state index contributed by atoms with van der Waals surface area (Å²) in [6.07, 6.45) is 3.74. The molecule has 7 nitrogen and oxygen atoms in total. The van der Waals surface area contributed by atoms with Crippen molar-refractivity contribution in [2.75, 3.05) is 6.54 Å². The van der Waals surface area contributed by atoms with Crippen LogP contribution in [0.5, 0.6) is 0 Å². The summed E-state index contributed by atoms with van der Waals surface area (Å²) in [5.41, 5.74) is 4.02. The van der Waals surface area contributed by atoms with E-state index in [4.69, 9.17) is 0 Å². The second-order valence-electron chi connectivity index (χ2n) is 6.06. The molecule has 0 aliphatic heterocycles. The van der Waals surface area contributed by atoms with Gasteiger partial charge in [0.2, 0.25) is 5.91 Å². The average molecular weight is 364 g/mol. The molecule has 0 fully saturated rings. The Morgan fingerprint density at radius 2 is 1.93 bits per heavy atom. The van der Waals surface area contributed by atoms with Crippen LogP contribution in [0.1, 0.15) is 12.7 Å². The molecule has 2 N–H and O–H groups in total. The molecule has 0 spiro atoms. The number of benzene rings is 1. The van der Waals surface area contributed by atoms with E-state index < -0.39 is 0 Å².